The average molecular weight is 295 g/mol. The van der Waals surface area contributed by atoms with Crippen molar-refractivity contribution >= 4 is 17.6 Å². The number of aromatic carboxylic acids is 1. The number of piperidine rings is 1. The van der Waals surface area contributed by atoms with Crippen LogP contribution in [0, 0.1) is 16.0 Å². The van der Waals surface area contributed by atoms with E-state index >= 15 is 0 Å². The van der Waals surface area contributed by atoms with Crippen LogP contribution >= 0.6 is 0 Å². The standard InChI is InChI=1S/C7H5NO4.C6H12N2O/c9-7(10)5-3-1-2-4-6(5)8(11)12;7-6(9)5-1-3-8-4-2-5/h1-4H,(H,9,10);5,8H,1-4H2,(H2,7,9). The van der Waals surface area contributed by atoms with Gasteiger partial charge in [-0.1, -0.05) is 12.1 Å². The molecule has 0 atom stereocenters. The molecule has 0 radical (unpaired) electrons. The van der Waals surface area contributed by atoms with Crippen molar-refractivity contribution in [3.63, 3.8) is 0 Å². The summed E-state index contributed by atoms with van der Waals surface area (Å²) in [5.74, 6) is -1.50. The number of hydrogen-bond donors (Lipinski definition) is 2. The minimum Gasteiger partial charge on any atom is -0.545 e. The molecule has 1 aliphatic heterocycles. The van der Waals surface area contributed by atoms with Gasteiger partial charge in [0.05, 0.1) is 29.5 Å². The molecule has 0 saturated carbocycles. The Morgan fingerprint density at radius 2 is 1.81 bits per heavy atom. The maximum atomic E-state index is 10.6. The molecule has 0 aromatic heterocycles. The number of hydrogen-bond acceptors (Lipinski definition) is 5. The Labute approximate surface area is 121 Å². The van der Waals surface area contributed by atoms with E-state index in [1.807, 2.05) is 0 Å². The molecule has 1 saturated heterocycles. The van der Waals surface area contributed by atoms with E-state index in [1.165, 1.54) is 12.1 Å². The second-order valence-electron chi connectivity index (χ2n) is 4.60. The topological polar surface area (TPSA) is 143 Å². The lowest BCUT2D eigenvalue weighted by Gasteiger charge is -2.16. The van der Waals surface area contributed by atoms with Gasteiger partial charge in [0.1, 0.15) is 0 Å². The number of rotatable bonds is 3. The Kier molecular flexibility index (Phi) is 6.28. The number of amides is 1. The first-order valence-electron chi connectivity index (χ1n) is 6.49. The summed E-state index contributed by atoms with van der Waals surface area (Å²) in [7, 11) is 0. The lowest BCUT2D eigenvalue weighted by Crippen LogP contribution is -2.86. The predicted octanol–water partition coefficient (Wildman–Crippen LogP) is -1.60. The van der Waals surface area contributed by atoms with Crippen molar-refractivity contribution in [2.75, 3.05) is 13.1 Å². The first kappa shape index (κ1) is 16.6. The summed E-state index contributed by atoms with van der Waals surface area (Å²) >= 11 is 0. The summed E-state index contributed by atoms with van der Waals surface area (Å²) in [6.07, 6.45) is 1.94. The first-order valence-corrected chi connectivity index (χ1v) is 6.49. The molecule has 8 heteroatoms. The Morgan fingerprint density at radius 1 is 1.24 bits per heavy atom. The van der Waals surface area contributed by atoms with Crippen LogP contribution in [0.2, 0.25) is 0 Å². The maximum Gasteiger partial charge on any atom is 0.278 e. The molecule has 0 aliphatic carbocycles. The van der Waals surface area contributed by atoms with E-state index in [0.29, 0.717) is 0 Å². The zero-order chi connectivity index (χ0) is 15.8. The van der Waals surface area contributed by atoms with Crippen molar-refractivity contribution in [2.24, 2.45) is 11.7 Å². The number of nitrogens with two attached hydrogens (primary N) is 2. The molecule has 1 heterocycles. The Hall–Kier alpha value is -2.48. The number of nitrogens with zero attached hydrogens (tertiary/aromatic N) is 1. The maximum absolute atomic E-state index is 10.6. The molecule has 0 unspecified atom stereocenters. The van der Waals surface area contributed by atoms with Gasteiger partial charge in [-0.25, -0.2) is 0 Å². The van der Waals surface area contributed by atoms with Gasteiger partial charge in [0.25, 0.3) is 5.69 Å². The van der Waals surface area contributed by atoms with Gasteiger partial charge in [0.15, 0.2) is 0 Å². The van der Waals surface area contributed by atoms with Crippen molar-refractivity contribution in [3.05, 3.63) is 39.9 Å². The van der Waals surface area contributed by atoms with Crippen LogP contribution < -0.4 is 16.2 Å². The van der Waals surface area contributed by atoms with Gasteiger partial charge in [-0.15, -0.1) is 0 Å². The van der Waals surface area contributed by atoms with Gasteiger partial charge in [0, 0.05) is 24.8 Å². The van der Waals surface area contributed by atoms with Crippen LogP contribution in [0.15, 0.2) is 24.3 Å². The summed E-state index contributed by atoms with van der Waals surface area (Å²) in [6, 6.07) is 5.04. The average Bonchev–Trinajstić information content (AvgIpc) is 2.48. The van der Waals surface area contributed by atoms with E-state index in [4.69, 9.17) is 5.73 Å². The Morgan fingerprint density at radius 3 is 2.19 bits per heavy atom. The second kappa shape index (κ2) is 7.95. The largest absolute Gasteiger partial charge is 0.545 e. The summed E-state index contributed by atoms with van der Waals surface area (Å²) in [6.45, 7) is 2.13. The molecule has 0 bridgehead atoms. The number of carboxylic acids is 1. The van der Waals surface area contributed by atoms with Gasteiger partial charge in [-0.3, -0.25) is 14.9 Å². The molecule has 114 valence electrons. The zero-order valence-corrected chi connectivity index (χ0v) is 11.4. The van der Waals surface area contributed by atoms with Crippen LogP contribution in [0.3, 0.4) is 0 Å². The van der Waals surface area contributed by atoms with E-state index in [0.717, 1.165) is 38.1 Å². The molecule has 8 nitrogen and oxygen atoms in total. The van der Waals surface area contributed by atoms with Crippen molar-refractivity contribution in [2.45, 2.75) is 12.8 Å². The third-order valence-electron chi connectivity index (χ3n) is 3.16. The molecule has 21 heavy (non-hydrogen) atoms. The smallest absolute Gasteiger partial charge is 0.278 e. The lowest BCUT2D eigenvalue weighted by atomic mass is 9.98. The molecule has 1 aromatic carbocycles. The van der Waals surface area contributed by atoms with Gasteiger partial charge in [-0.05, 0) is 6.07 Å². The predicted molar refractivity (Wildman–Crippen MR) is 71.0 cm³/mol. The number of quaternary nitrogens is 1. The Balaban J connectivity index is 0.000000219. The van der Waals surface area contributed by atoms with Crippen LogP contribution in [0.4, 0.5) is 5.69 Å². The van der Waals surface area contributed by atoms with Crippen LogP contribution in [-0.2, 0) is 4.79 Å². The quantitative estimate of drug-likeness (QED) is 0.510. The summed E-state index contributed by atoms with van der Waals surface area (Å²) < 4.78 is 0. The molecule has 4 N–H and O–H groups in total. The van der Waals surface area contributed by atoms with E-state index in [-0.39, 0.29) is 11.8 Å². The minimum atomic E-state index is -1.54. The van der Waals surface area contributed by atoms with Gasteiger partial charge >= 0.3 is 0 Å². The zero-order valence-electron chi connectivity index (χ0n) is 11.4. The van der Waals surface area contributed by atoms with E-state index in [9.17, 15) is 24.8 Å². The minimum absolute atomic E-state index is 0.122. The highest BCUT2D eigenvalue weighted by Crippen LogP contribution is 2.15. The molecule has 1 aliphatic rings. The van der Waals surface area contributed by atoms with Crippen LogP contribution in [-0.4, -0.2) is 29.9 Å². The summed E-state index contributed by atoms with van der Waals surface area (Å²) in [5, 5.41) is 22.8. The summed E-state index contributed by atoms with van der Waals surface area (Å²) in [4.78, 5) is 30.4. The SMILES string of the molecule is NC(=O)C1CC[NH2+]CC1.O=C([O-])c1ccccc1[N+](=O)[O-]. The lowest BCUT2D eigenvalue weighted by molar-refractivity contribution is -0.663. The number of primary amides is 1. The number of nitro groups is 1. The van der Waals surface area contributed by atoms with E-state index in [2.05, 4.69) is 5.32 Å². The molecule has 1 amide bonds. The highest BCUT2D eigenvalue weighted by atomic mass is 16.6. The van der Waals surface area contributed by atoms with Crippen LogP contribution in [0.1, 0.15) is 23.2 Å². The molecular formula is C13H17N3O5. The third kappa shape index (κ3) is 5.19. The normalized spacial score (nSPS) is 14.7. The summed E-state index contributed by atoms with van der Waals surface area (Å²) in [5.41, 5.74) is 4.27. The number of carbonyl (C=O) groups excluding carboxylic acids is 2. The van der Waals surface area contributed by atoms with E-state index < -0.39 is 22.1 Å². The second-order valence-corrected chi connectivity index (χ2v) is 4.60. The molecule has 1 aromatic rings. The third-order valence-corrected chi connectivity index (χ3v) is 3.16. The molecule has 0 spiro atoms. The van der Waals surface area contributed by atoms with Crippen molar-refractivity contribution < 1.29 is 24.9 Å². The fourth-order valence-corrected chi connectivity index (χ4v) is 2.02. The molecule has 1 fully saturated rings. The van der Waals surface area contributed by atoms with Gasteiger partial charge < -0.3 is 21.0 Å². The van der Waals surface area contributed by atoms with Crippen LogP contribution in [0.25, 0.3) is 0 Å². The number of nitro benzene ring substituents is 1. The van der Waals surface area contributed by atoms with E-state index in [1.54, 1.807) is 0 Å². The number of para-hydroxylation sites is 1. The molecular weight excluding hydrogens is 278 g/mol. The van der Waals surface area contributed by atoms with Gasteiger partial charge in [0.2, 0.25) is 5.91 Å². The fourth-order valence-electron chi connectivity index (χ4n) is 2.02. The highest BCUT2D eigenvalue weighted by Gasteiger charge is 2.19. The number of carbonyl (C=O) groups is 2. The highest BCUT2D eigenvalue weighted by molar-refractivity contribution is 5.90. The van der Waals surface area contributed by atoms with Crippen molar-refractivity contribution in [1.82, 2.24) is 0 Å². The van der Waals surface area contributed by atoms with Crippen molar-refractivity contribution in [1.29, 1.82) is 0 Å². The fraction of sp³-hybridized carbons (Fsp3) is 0.385. The molecule has 2 rings (SSSR count). The van der Waals surface area contributed by atoms with Crippen LogP contribution in [0.5, 0.6) is 0 Å². The Bertz CT molecular complexity index is 493. The van der Waals surface area contributed by atoms with Crippen molar-refractivity contribution in [3.8, 4) is 0 Å². The monoisotopic (exact) mass is 295 g/mol. The number of carboxylic acid groups (broad SMARTS) is 1. The first-order chi connectivity index (χ1) is 9.93. The van der Waals surface area contributed by atoms with Gasteiger partial charge in [-0.2, -0.15) is 0 Å². The number of benzene rings is 1.